The summed E-state index contributed by atoms with van der Waals surface area (Å²) in [5.74, 6) is -25.6. The number of hydrogen-bond acceptors (Lipinski definition) is 5. The number of fused-ring (bicyclic) bond motifs is 1. The number of esters is 2. The second kappa shape index (κ2) is 17.1. The van der Waals surface area contributed by atoms with E-state index in [1.54, 1.807) is 12.1 Å². The number of carbonyl (C=O) groups is 2. The number of carbonyl (C=O) groups excluding carboxylic acids is 2. The third-order valence-corrected chi connectivity index (χ3v) is 8.31. The van der Waals surface area contributed by atoms with Crippen molar-refractivity contribution < 1.29 is 72.1 Å². The van der Waals surface area contributed by atoms with Gasteiger partial charge in [0.2, 0.25) is 5.82 Å². The summed E-state index contributed by atoms with van der Waals surface area (Å²) in [6.07, 6.45) is -2.94. The quantitative estimate of drug-likeness (QED) is 0.0661. The van der Waals surface area contributed by atoms with E-state index in [0.717, 1.165) is 55.4 Å². The SMILES string of the molecule is CCCCCCCCOC(=O)C1CCc2cc(OC(=O)c3ccc(OCCCCC(F)(F)C(F)(F)C(F)(F)C(F)(F)F)c(F)c3F)ccc2C1. The molecule has 3 rings (SSSR count). The molecule has 0 saturated heterocycles. The lowest BCUT2D eigenvalue weighted by Gasteiger charge is -2.33. The molecule has 0 saturated carbocycles. The summed E-state index contributed by atoms with van der Waals surface area (Å²) < 4.78 is 161. The van der Waals surface area contributed by atoms with Crippen molar-refractivity contribution in [3.63, 3.8) is 0 Å². The number of benzene rings is 2. The Hall–Kier alpha value is -3.59. The monoisotopic (exact) mass is 734 g/mol. The number of halogens is 11. The van der Waals surface area contributed by atoms with Crippen LogP contribution in [-0.2, 0) is 22.4 Å². The fourth-order valence-electron chi connectivity index (χ4n) is 5.33. The summed E-state index contributed by atoms with van der Waals surface area (Å²) in [5, 5.41) is 0. The van der Waals surface area contributed by atoms with E-state index < -0.39 is 78.7 Å². The second-order valence-electron chi connectivity index (χ2n) is 12.1. The van der Waals surface area contributed by atoms with Crippen molar-refractivity contribution in [1.29, 1.82) is 0 Å². The molecule has 0 amide bonds. The van der Waals surface area contributed by atoms with E-state index in [0.29, 0.717) is 25.9 Å². The van der Waals surface area contributed by atoms with Crippen molar-refractivity contribution in [1.82, 2.24) is 0 Å². The Morgan fingerprint density at radius 1 is 0.760 bits per heavy atom. The minimum Gasteiger partial charge on any atom is -0.490 e. The summed E-state index contributed by atoms with van der Waals surface area (Å²) in [6, 6.07) is 6.21. The molecule has 0 bridgehead atoms. The smallest absolute Gasteiger partial charge is 0.460 e. The van der Waals surface area contributed by atoms with Gasteiger partial charge in [-0.1, -0.05) is 45.1 Å². The third-order valence-electron chi connectivity index (χ3n) is 8.31. The molecular weight excluding hydrogens is 697 g/mol. The van der Waals surface area contributed by atoms with Gasteiger partial charge in [0.1, 0.15) is 5.75 Å². The van der Waals surface area contributed by atoms with Crippen molar-refractivity contribution in [2.45, 2.75) is 108 Å². The highest BCUT2D eigenvalue weighted by molar-refractivity contribution is 5.91. The molecule has 0 radical (unpaired) electrons. The summed E-state index contributed by atoms with van der Waals surface area (Å²) in [6.45, 7) is 1.75. The van der Waals surface area contributed by atoms with Crippen LogP contribution in [0.1, 0.15) is 92.6 Å². The molecule has 2 aromatic carbocycles. The Bertz CT molecular complexity index is 1460. The number of ether oxygens (including phenoxy) is 3. The van der Waals surface area contributed by atoms with E-state index in [1.165, 1.54) is 12.5 Å². The van der Waals surface area contributed by atoms with Gasteiger partial charge in [-0.2, -0.15) is 43.9 Å². The largest absolute Gasteiger partial charge is 0.490 e. The molecule has 0 heterocycles. The average molecular weight is 735 g/mol. The van der Waals surface area contributed by atoms with Gasteiger partial charge in [-0.05, 0) is 73.9 Å². The standard InChI is InChI=1S/C34H37F11O5/c1-2-3-4-5-6-8-18-49-29(46)23-11-10-22-20-24(13-12-21(22)19-23)50-30(47)25-14-15-26(28(36)27(25)35)48-17-9-7-16-31(37,38)32(39,40)33(41,42)34(43,44)45/h12-15,20,23H,2-11,16-19H2,1H3. The molecule has 50 heavy (non-hydrogen) atoms. The molecule has 1 aliphatic carbocycles. The maximum Gasteiger partial charge on any atom is 0.460 e. The van der Waals surface area contributed by atoms with E-state index in [2.05, 4.69) is 6.92 Å². The van der Waals surface area contributed by atoms with Gasteiger partial charge in [-0.3, -0.25) is 4.79 Å². The average Bonchev–Trinajstić information content (AvgIpc) is 3.04. The molecule has 1 atom stereocenters. The lowest BCUT2D eigenvalue weighted by atomic mass is 9.84. The summed E-state index contributed by atoms with van der Waals surface area (Å²) in [4.78, 5) is 25.2. The molecule has 5 nitrogen and oxygen atoms in total. The van der Waals surface area contributed by atoms with E-state index >= 15 is 0 Å². The zero-order valence-corrected chi connectivity index (χ0v) is 27.1. The van der Waals surface area contributed by atoms with Crippen LogP contribution in [0.4, 0.5) is 48.3 Å². The van der Waals surface area contributed by atoms with Gasteiger partial charge >= 0.3 is 35.9 Å². The van der Waals surface area contributed by atoms with Gasteiger partial charge in [-0.25, -0.2) is 9.18 Å². The van der Waals surface area contributed by atoms with Crippen LogP contribution >= 0.6 is 0 Å². The highest BCUT2D eigenvalue weighted by Gasteiger charge is 2.81. The lowest BCUT2D eigenvalue weighted by molar-refractivity contribution is -0.396. The molecule has 0 aliphatic heterocycles. The lowest BCUT2D eigenvalue weighted by Crippen LogP contribution is -2.60. The highest BCUT2D eigenvalue weighted by Crippen LogP contribution is 2.54. The molecule has 1 unspecified atom stereocenters. The molecule has 1 aliphatic rings. The first-order valence-electron chi connectivity index (χ1n) is 16.2. The Labute approximate surface area is 281 Å². The predicted octanol–water partition coefficient (Wildman–Crippen LogP) is 10.2. The third kappa shape index (κ3) is 9.80. The van der Waals surface area contributed by atoms with Gasteiger partial charge in [0.05, 0.1) is 24.7 Å². The highest BCUT2D eigenvalue weighted by atomic mass is 19.4. The second-order valence-corrected chi connectivity index (χ2v) is 12.1. The minimum atomic E-state index is -7.00. The van der Waals surface area contributed by atoms with E-state index in [1.807, 2.05) is 0 Å². The topological polar surface area (TPSA) is 61.8 Å². The van der Waals surface area contributed by atoms with Gasteiger partial charge in [-0.15, -0.1) is 0 Å². The Morgan fingerprint density at radius 3 is 2.10 bits per heavy atom. The molecular formula is C34H37F11O5. The Morgan fingerprint density at radius 2 is 1.42 bits per heavy atom. The van der Waals surface area contributed by atoms with Crippen molar-refractivity contribution in [2.75, 3.05) is 13.2 Å². The number of alkyl halides is 9. The first kappa shape index (κ1) is 40.8. The van der Waals surface area contributed by atoms with Crippen LogP contribution in [0.15, 0.2) is 30.3 Å². The van der Waals surface area contributed by atoms with Crippen LogP contribution < -0.4 is 9.47 Å². The number of hydrogen-bond donors (Lipinski definition) is 0. The normalized spacial score (nSPS) is 15.4. The van der Waals surface area contributed by atoms with Gasteiger partial charge in [0, 0.05) is 6.42 Å². The van der Waals surface area contributed by atoms with Crippen molar-refractivity contribution in [2.24, 2.45) is 5.92 Å². The molecule has 0 spiro atoms. The van der Waals surface area contributed by atoms with Crippen LogP contribution in [0, 0.1) is 17.6 Å². The van der Waals surface area contributed by atoms with Crippen molar-refractivity contribution in [3.05, 3.63) is 58.7 Å². The fourth-order valence-corrected chi connectivity index (χ4v) is 5.33. The maximum atomic E-state index is 14.7. The van der Waals surface area contributed by atoms with Gasteiger partial charge in [0.15, 0.2) is 11.6 Å². The van der Waals surface area contributed by atoms with Crippen LogP contribution in [0.25, 0.3) is 0 Å². The minimum absolute atomic E-state index is 0.0216. The molecule has 16 heteroatoms. The fraction of sp³-hybridized carbons (Fsp3) is 0.588. The van der Waals surface area contributed by atoms with E-state index in [4.69, 9.17) is 14.2 Å². The Balaban J connectivity index is 1.49. The number of rotatable bonds is 18. The first-order chi connectivity index (χ1) is 23.3. The van der Waals surface area contributed by atoms with Gasteiger partial charge in [0.25, 0.3) is 0 Å². The van der Waals surface area contributed by atoms with Crippen LogP contribution in [0.5, 0.6) is 11.5 Å². The molecule has 0 aromatic heterocycles. The zero-order chi connectivity index (χ0) is 37.3. The van der Waals surface area contributed by atoms with Crippen LogP contribution in [-0.4, -0.2) is 49.1 Å². The first-order valence-corrected chi connectivity index (χ1v) is 16.2. The van der Waals surface area contributed by atoms with Crippen molar-refractivity contribution >= 4 is 11.9 Å². The van der Waals surface area contributed by atoms with E-state index in [9.17, 15) is 57.9 Å². The predicted molar refractivity (Wildman–Crippen MR) is 158 cm³/mol. The van der Waals surface area contributed by atoms with Crippen LogP contribution in [0.2, 0.25) is 0 Å². The van der Waals surface area contributed by atoms with Crippen molar-refractivity contribution in [3.8, 4) is 11.5 Å². The summed E-state index contributed by atoms with van der Waals surface area (Å²) in [7, 11) is 0. The molecule has 0 fully saturated rings. The Kier molecular flexibility index (Phi) is 14.0. The number of unbranched alkanes of at least 4 members (excludes halogenated alkanes) is 6. The summed E-state index contributed by atoms with van der Waals surface area (Å²) in [5.41, 5.74) is 0.794. The van der Waals surface area contributed by atoms with Gasteiger partial charge < -0.3 is 14.2 Å². The molecule has 0 N–H and O–H groups in total. The molecule has 2 aromatic rings. The summed E-state index contributed by atoms with van der Waals surface area (Å²) >= 11 is 0. The number of aryl methyl sites for hydroxylation is 1. The molecule has 280 valence electrons. The maximum absolute atomic E-state index is 14.7. The zero-order valence-electron chi connectivity index (χ0n) is 27.1. The van der Waals surface area contributed by atoms with E-state index in [-0.39, 0.29) is 17.6 Å². The van der Waals surface area contributed by atoms with Crippen LogP contribution in [0.3, 0.4) is 0 Å².